The SMILES string of the molecule is NCC(C1CCCC1)C1CCCO1. The first-order valence-corrected chi connectivity index (χ1v) is 5.73. The molecule has 0 bridgehead atoms. The summed E-state index contributed by atoms with van der Waals surface area (Å²) in [5.41, 5.74) is 5.85. The lowest BCUT2D eigenvalue weighted by molar-refractivity contribution is 0.0425. The van der Waals surface area contributed by atoms with E-state index in [9.17, 15) is 0 Å². The summed E-state index contributed by atoms with van der Waals surface area (Å²) >= 11 is 0. The van der Waals surface area contributed by atoms with Gasteiger partial charge in [-0.2, -0.15) is 0 Å². The molecular formula is C11H21NO. The van der Waals surface area contributed by atoms with Gasteiger partial charge < -0.3 is 10.5 Å². The second-order valence-electron chi connectivity index (χ2n) is 4.50. The fourth-order valence-corrected chi connectivity index (χ4v) is 2.97. The minimum atomic E-state index is 0.494. The topological polar surface area (TPSA) is 35.2 Å². The monoisotopic (exact) mass is 183 g/mol. The van der Waals surface area contributed by atoms with Gasteiger partial charge in [0.25, 0.3) is 0 Å². The zero-order chi connectivity index (χ0) is 9.10. The highest BCUT2D eigenvalue weighted by atomic mass is 16.5. The largest absolute Gasteiger partial charge is 0.378 e. The molecule has 2 fully saturated rings. The second kappa shape index (κ2) is 4.43. The van der Waals surface area contributed by atoms with Gasteiger partial charge in [-0.3, -0.25) is 0 Å². The van der Waals surface area contributed by atoms with Crippen molar-refractivity contribution >= 4 is 0 Å². The Morgan fingerprint density at radius 3 is 2.46 bits per heavy atom. The second-order valence-corrected chi connectivity index (χ2v) is 4.50. The predicted octanol–water partition coefficient (Wildman–Crippen LogP) is 1.93. The first-order chi connectivity index (χ1) is 6.42. The molecule has 2 heteroatoms. The van der Waals surface area contributed by atoms with Crippen LogP contribution in [0.1, 0.15) is 38.5 Å². The lowest BCUT2D eigenvalue weighted by atomic mass is 9.85. The lowest BCUT2D eigenvalue weighted by Crippen LogP contribution is -2.32. The van der Waals surface area contributed by atoms with E-state index in [-0.39, 0.29) is 0 Å². The maximum absolute atomic E-state index is 5.85. The van der Waals surface area contributed by atoms with Crippen LogP contribution in [0.5, 0.6) is 0 Å². The van der Waals surface area contributed by atoms with Crippen LogP contribution in [0.25, 0.3) is 0 Å². The van der Waals surface area contributed by atoms with Crippen LogP contribution in [0, 0.1) is 11.8 Å². The van der Waals surface area contributed by atoms with E-state index < -0.39 is 0 Å². The Labute approximate surface area is 80.8 Å². The summed E-state index contributed by atoms with van der Waals surface area (Å²) < 4.78 is 5.74. The smallest absolute Gasteiger partial charge is 0.0618 e. The third-order valence-corrected chi connectivity index (χ3v) is 3.72. The summed E-state index contributed by atoms with van der Waals surface area (Å²) in [5.74, 6) is 1.53. The van der Waals surface area contributed by atoms with Crippen molar-refractivity contribution in [1.29, 1.82) is 0 Å². The molecule has 1 saturated heterocycles. The number of hydrogen-bond acceptors (Lipinski definition) is 2. The van der Waals surface area contributed by atoms with Crippen molar-refractivity contribution in [3.8, 4) is 0 Å². The van der Waals surface area contributed by atoms with Gasteiger partial charge in [-0.1, -0.05) is 25.7 Å². The highest BCUT2D eigenvalue weighted by Gasteiger charge is 2.32. The van der Waals surface area contributed by atoms with Crippen LogP contribution < -0.4 is 5.73 Å². The maximum Gasteiger partial charge on any atom is 0.0618 e. The molecule has 0 aromatic rings. The molecule has 1 aliphatic carbocycles. The molecule has 0 spiro atoms. The van der Waals surface area contributed by atoms with Crippen LogP contribution in [-0.4, -0.2) is 19.3 Å². The Hall–Kier alpha value is -0.0800. The predicted molar refractivity (Wildman–Crippen MR) is 53.5 cm³/mol. The van der Waals surface area contributed by atoms with E-state index in [4.69, 9.17) is 10.5 Å². The van der Waals surface area contributed by atoms with Crippen LogP contribution in [0.4, 0.5) is 0 Å². The summed E-state index contributed by atoms with van der Waals surface area (Å²) in [6, 6.07) is 0. The fourth-order valence-electron chi connectivity index (χ4n) is 2.97. The number of rotatable bonds is 3. The van der Waals surface area contributed by atoms with E-state index in [2.05, 4.69) is 0 Å². The van der Waals surface area contributed by atoms with Crippen molar-refractivity contribution < 1.29 is 4.74 Å². The van der Waals surface area contributed by atoms with Crippen molar-refractivity contribution in [1.82, 2.24) is 0 Å². The minimum Gasteiger partial charge on any atom is -0.378 e. The Kier molecular flexibility index (Phi) is 3.23. The molecule has 2 atom stereocenters. The Balaban J connectivity index is 1.90. The van der Waals surface area contributed by atoms with E-state index in [0.29, 0.717) is 12.0 Å². The van der Waals surface area contributed by atoms with Gasteiger partial charge in [0.15, 0.2) is 0 Å². The van der Waals surface area contributed by atoms with Crippen molar-refractivity contribution in [3.05, 3.63) is 0 Å². The molecule has 0 radical (unpaired) electrons. The van der Waals surface area contributed by atoms with Crippen LogP contribution in [-0.2, 0) is 4.74 Å². The van der Waals surface area contributed by atoms with Crippen LogP contribution in [0.15, 0.2) is 0 Å². The third-order valence-electron chi connectivity index (χ3n) is 3.72. The summed E-state index contributed by atoms with van der Waals surface area (Å²) in [6.07, 6.45) is 8.59. The molecule has 2 nitrogen and oxygen atoms in total. The summed E-state index contributed by atoms with van der Waals surface area (Å²) in [4.78, 5) is 0. The molecular weight excluding hydrogens is 162 g/mol. The average Bonchev–Trinajstić information content (AvgIpc) is 2.76. The molecule has 0 aromatic heterocycles. The van der Waals surface area contributed by atoms with E-state index in [0.717, 1.165) is 19.1 Å². The fraction of sp³-hybridized carbons (Fsp3) is 1.00. The van der Waals surface area contributed by atoms with Gasteiger partial charge in [0, 0.05) is 12.5 Å². The molecule has 76 valence electrons. The normalized spacial score (nSPS) is 32.5. The van der Waals surface area contributed by atoms with Crippen molar-refractivity contribution in [2.24, 2.45) is 17.6 Å². The molecule has 2 N–H and O–H groups in total. The Bertz CT molecular complexity index is 132. The molecule has 1 heterocycles. The van der Waals surface area contributed by atoms with Gasteiger partial charge >= 0.3 is 0 Å². The zero-order valence-corrected chi connectivity index (χ0v) is 8.37. The van der Waals surface area contributed by atoms with Crippen molar-refractivity contribution in [2.45, 2.75) is 44.6 Å². The van der Waals surface area contributed by atoms with Gasteiger partial charge in [0.05, 0.1) is 6.10 Å². The first-order valence-electron chi connectivity index (χ1n) is 5.73. The molecule has 0 amide bonds. The van der Waals surface area contributed by atoms with Gasteiger partial charge in [-0.05, 0) is 25.3 Å². The minimum absolute atomic E-state index is 0.494. The lowest BCUT2D eigenvalue weighted by Gasteiger charge is -2.27. The Morgan fingerprint density at radius 2 is 1.92 bits per heavy atom. The van der Waals surface area contributed by atoms with E-state index >= 15 is 0 Å². The van der Waals surface area contributed by atoms with Gasteiger partial charge in [0.2, 0.25) is 0 Å². The van der Waals surface area contributed by atoms with Gasteiger partial charge in [0.1, 0.15) is 0 Å². The molecule has 1 aliphatic heterocycles. The summed E-state index contributed by atoms with van der Waals surface area (Å²) in [7, 11) is 0. The standard InChI is InChI=1S/C11H21NO/c12-8-10(9-4-1-2-5-9)11-6-3-7-13-11/h9-11H,1-8,12H2. The third kappa shape index (κ3) is 2.05. The number of ether oxygens (including phenoxy) is 1. The van der Waals surface area contributed by atoms with Crippen LogP contribution >= 0.6 is 0 Å². The Morgan fingerprint density at radius 1 is 1.15 bits per heavy atom. The van der Waals surface area contributed by atoms with Gasteiger partial charge in [-0.15, -0.1) is 0 Å². The summed E-state index contributed by atoms with van der Waals surface area (Å²) in [5, 5.41) is 0. The maximum atomic E-state index is 5.85. The first kappa shape index (κ1) is 9.47. The molecule has 2 unspecified atom stereocenters. The molecule has 2 aliphatic rings. The highest BCUT2D eigenvalue weighted by molar-refractivity contribution is 4.83. The average molecular weight is 183 g/mol. The van der Waals surface area contributed by atoms with Crippen LogP contribution in [0.2, 0.25) is 0 Å². The number of nitrogens with two attached hydrogens (primary N) is 1. The van der Waals surface area contributed by atoms with Crippen LogP contribution in [0.3, 0.4) is 0 Å². The quantitative estimate of drug-likeness (QED) is 0.725. The molecule has 2 rings (SSSR count). The molecule has 0 aromatic carbocycles. The van der Waals surface area contributed by atoms with E-state index in [1.165, 1.54) is 38.5 Å². The number of hydrogen-bond donors (Lipinski definition) is 1. The highest BCUT2D eigenvalue weighted by Crippen LogP contribution is 2.36. The van der Waals surface area contributed by atoms with Crippen molar-refractivity contribution in [3.63, 3.8) is 0 Å². The molecule has 1 saturated carbocycles. The van der Waals surface area contributed by atoms with E-state index in [1.54, 1.807) is 0 Å². The zero-order valence-electron chi connectivity index (χ0n) is 8.37. The van der Waals surface area contributed by atoms with Crippen molar-refractivity contribution in [2.75, 3.05) is 13.2 Å². The summed E-state index contributed by atoms with van der Waals surface area (Å²) in [6.45, 7) is 1.79. The van der Waals surface area contributed by atoms with E-state index in [1.807, 2.05) is 0 Å². The van der Waals surface area contributed by atoms with Gasteiger partial charge in [-0.25, -0.2) is 0 Å². The molecule has 13 heavy (non-hydrogen) atoms.